The van der Waals surface area contributed by atoms with Crippen LogP contribution in [0.25, 0.3) is 0 Å². The lowest BCUT2D eigenvalue weighted by Gasteiger charge is -2.33. The summed E-state index contributed by atoms with van der Waals surface area (Å²) in [5, 5.41) is 0. The Kier molecular flexibility index (Phi) is 3.92. The van der Waals surface area contributed by atoms with E-state index in [1.165, 1.54) is 5.56 Å². The van der Waals surface area contributed by atoms with Gasteiger partial charge in [0.15, 0.2) is 0 Å². The number of hydrogen-bond donors (Lipinski definition) is 0. The van der Waals surface area contributed by atoms with Gasteiger partial charge in [-0.25, -0.2) is 9.97 Å². The van der Waals surface area contributed by atoms with E-state index in [2.05, 4.69) is 39.1 Å². The number of hydrogen-bond acceptors (Lipinski definition) is 4. The summed E-state index contributed by atoms with van der Waals surface area (Å²) in [6.07, 6.45) is 2.99. The Bertz CT molecular complexity index is 559. The van der Waals surface area contributed by atoms with E-state index in [0.717, 1.165) is 37.8 Å². The Balaban J connectivity index is 1.67. The minimum Gasteiger partial charge on any atom is -0.374 e. The van der Waals surface area contributed by atoms with Crippen molar-refractivity contribution in [1.29, 1.82) is 0 Å². The van der Waals surface area contributed by atoms with Crippen LogP contribution in [0, 0.1) is 6.92 Å². The maximum Gasteiger partial charge on any atom is 0.132 e. The van der Waals surface area contributed by atoms with Gasteiger partial charge in [0.25, 0.3) is 0 Å². The maximum absolute atomic E-state index is 5.88. The van der Waals surface area contributed by atoms with E-state index in [4.69, 9.17) is 4.74 Å². The minimum atomic E-state index is 0.224. The van der Waals surface area contributed by atoms with Crippen LogP contribution in [0.4, 0.5) is 5.82 Å². The van der Waals surface area contributed by atoms with Crippen molar-refractivity contribution in [3.05, 3.63) is 54.0 Å². The highest BCUT2D eigenvalue weighted by molar-refractivity contribution is 5.38. The van der Waals surface area contributed by atoms with Crippen molar-refractivity contribution in [2.45, 2.75) is 19.4 Å². The van der Waals surface area contributed by atoms with E-state index >= 15 is 0 Å². The van der Waals surface area contributed by atoms with E-state index in [1.807, 2.05) is 25.3 Å². The number of aromatic nitrogens is 2. The van der Waals surface area contributed by atoms with Crippen molar-refractivity contribution in [2.24, 2.45) is 0 Å². The van der Waals surface area contributed by atoms with Gasteiger partial charge in [0.1, 0.15) is 11.6 Å². The molecule has 1 aromatic heterocycles. The normalized spacial score (nSPS) is 19.1. The quantitative estimate of drug-likeness (QED) is 0.856. The zero-order valence-corrected chi connectivity index (χ0v) is 11.7. The summed E-state index contributed by atoms with van der Waals surface area (Å²) in [5.74, 6) is 1.81. The molecule has 1 aromatic carbocycles. The van der Waals surface area contributed by atoms with Crippen LogP contribution in [0.15, 0.2) is 42.6 Å². The molecule has 2 aromatic rings. The van der Waals surface area contributed by atoms with Crippen LogP contribution in [-0.4, -0.2) is 35.8 Å². The highest BCUT2D eigenvalue weighted by atomic mass is 16.5. The SMILES string of the molecule is Cc1nccc(N2CCOC(Cc3ccccc3)C2)n1. The molecule has 1 saturated heterocycles. The van der Waals surface area contributed by atoms with Crippen LogP contribution >= 0.6 is 0 Å². The fraction of sp³-hybridized carbons (Fsp3) is 0.375. The van der Waals surface area contributed by atoms with Crippen molar-refractivity contribution in [3.63, 3.8) is 0 Å². The maximum atomic E-state index is 5.88. The van der Waals surface area contributed by atoms with Gasteiger partial charge >= 0.3 is 0 Å². The summed E-state index contributed by atoms with van der Waals surface area (Å²) >= 11 is 0. The van der Waals surface area contributed by atoms with Gasteiger partial charge in [-0.2, -0.15) is 0 Å². The largest absolute Gasteiger partial charge is 0.374 e. The molecule has 4 heteroatoms. The molecule has 0 bridgehead atoms. The van der Waals surface area contributed by atoms with Gasteiger partial charge < -0.3 is 9.64 Å². The molecule has 4 nitrogen and oxygen atoms in total. The standard InChI is InChI=1S/C16H19N3O/c1-13-17-8-7-16(18-13)19-9-10-20-15(12-19)11-14-5-3-2-4-6-14/h2-8,15H,9-12H2,1H3. The van der Waals surface area contributed by atoms with E-state index in [0.29, 0.717) is 0 Å². The van der Waals surface area contributed by atoms with E-state index in [-0.39, 0.29) is 6.10 Å². The Morgan fingerprint density at radius 1 is 1.25 bits per heavy atom. The molecule has 1 fully saturated rings. The smallest absolute Gasteiger partial charge is 0.132 e. The Morgan fingerprint density at radius 2 is 2.10 bits per heavy atom. The zero-order chi connectivity index (χ0) is 13.8. The number of nitrogens with zero attached hydrogens (tertiary/aromatic N) is 3. The summed E-state index contributed by atoms with van der Waals surface area (Å²) in [4.78, 5) is 10.9. The molecule has 2 heterocycles. The molecule has 0 radical (unpaired) electrons. The van der Waals surface area contributed by atoms with Crippen molar-refractivity contribution < 1.29 is 4.74 Å². The summed E-state index contributed by atoms with van der Waals surface area (Å²) < 4.78 is 5.88. The molecule has 1 aliphatic rings. The molecule has 3 rings (SSSR count). The Morgan fingerprint density at radius 3 is 2.90 bits per heavy atom. The molecule has 0 spiro atoms. The first-order valence-corrected chi connectivity index (χ1v) is 7.01. The number of rotatable bonds is 3. The second-order valence-electron chi connectivity index (χ2n) is 5.09. The molecule has 1 aliphatic heterocycles. The van der Waals surface area contributed by atoms with Gasteiger partial charge in [-0.3, -0.25) is 0 Å². The highest BCUT2D eigenvalue weighted by Gasteiger charge is 2.21. The van der Waals surface area contributed by atoms with Gasteiger partial charge in [0.05, 0.1) is 12.7 Å². The van der Waals surface area contributed by atoms with Crippen LogP contribution in [0.3, 0.4) is 0 Å². The van der Waals surface area contributed by atoms with Gasteiger partial charge in [-0.15, -0.1) is 0 Å². The molecule has 0 amide bonds. The zero-order valence-electron chi connectivity index (χ0n) is 11.7. The Labute approximate surface area is 119 Å². The van der Waals surface area contributed by atoms with Crippen LogP contribution < -0.4 is 4.90 Å². The lowest BCUT2D eigenvalue weighted by molar-refractivity contribution is 0.0408. The van der Waals surface area contributed by atoms with Crippen LogP contribution in [0.1, 0.15) is 11.4 Å². The van der Waals surface area contributed by atoms with Crippen molar-refractivity contribution >= 4 is 5.82 Å². The summed E-state index contributed by atoms with van der Waals surface area (Å²) in [7, 11) is 0. The summed E-state index contributed by atoms with van der Waals surface area (Å²) in [6.45, 7) is 4.44. The average Bonchev–Trinajstić information content (AvgIpc) is 2.49. The second kappa shape index (κ2) is 6.01. The highest BCUT2D eigenvalue weighted by Crippen LogP contribution is 2.17. The van der Waals surface area contributed by atoms with E-state index in [9.17, 15) is 0 Å². The monoisotopic (exact) mass is 269 g/mol. The molecular formula is C16H19N3O. The topological polar surface area (TPSA) is 38.2 Å². The van der Waals surface area contributed by atoms with Gasteiger partial charge in [-0.1, -0.05) is 30.3 Å². The molecule has 0 saturated carbocycles. The van der Waals surface area contributed by atoms with Crippen LogP contribution in [0.2, 0.25) is 0 Å². The number of morpholine rings is 1. The lowest BCUT2D eigenvalue weighted by atomic mass is 10.1. The van der Waals surface area contributed by atoms with Crippen molar-refractivity contribution in [1.82, 2.24) is 9.97 Å². The fourth-order valence-electron chi connectivity index (χ4n) is 2.55. The third kappa shape index (κ3) is 3.14. The molecule has 1 unspecified atom stereocenters. The average molecular weight is 269 g/mol. The molecule has 0 aliphatic carbocycles. The fourth-order valence-corrected chi connectivity index (χ4v) is 2.55. The number of benzene rings is 1. The van der Waals surface area contributed by atoms with Crippen LogP contribution in [-0.2, 0) is 11.2 Å². The molecule has 1 atom stereocenters. The predicted molar refractivity (Wildman–Crippen MR) is 78.9 cm³/mol. The Hall–Kier alpha value is -1.94. The minimum absolute atomic E-state index is 0.224. The van der Waals surface area contributed by atoms with E-state index < -0.39 is 0 Å². The third-order valence-electron chi connectivity index (χ3n) is 3.53. The molecule has 104 valence electrons. The lowest BCUT2D eigenvalue weighted by Crippen LogP contribution is -2.43. The van der Waals surface area contributed by atoms with Crippen LogP contribution in [0.5, 0.6) is 0 Å². The molecular weight excluding hydrogens is 250 g/mol. The van der Waals surface area contributed by atoms with Crippen molar-refractivity contribution in [3.8, 4) is 0 Å². The third-order valence-corrected chi connectivity index (χ3v) is 3.53. The number of aryl methyl sites for hydroxylation is 1. The summed E-state index contributed by atoms with van der Waals surface area (Å²) in [5.41, 5.74) is 1.32. The molecule has 0 N–H and O–H groups in total. The van der Waals surface area contributed by atoms with E-state index in [1.54, 1.807) is 0 Å². The molecule has 20 heavy (non-hydrogen) atoms. The van der Waals surface area contributed by atoms with Gasteiger partial charge in [0.2, 0.25) is 0 Å². The number of ether oxygens (including phenoxy) is 1. The number of anilines is 1. The van der Waals surface area contributed by atoms with Crippen molar-refractivity contribution in [2.75, 3.05) is 24.6 Å². The first-order valence-electron chi connectivity index (χ1n) is 7.01. The predicted octanol–water partition coefficient (Wildman–Crippen LogP) is 2.23. The summed E-state index contributed by atoms with van der Waals surface area (Å²) in [6, 6.07) is 12.5. The van der Waals surface area contributed by atoms with Gasteiger partial charge in [0, 0.05) is 25.7 Å². The first kappa shape index (κ1) is 13.1. The first-order chi connectivity index (χ1) is 9.81. The van der Waals surface area contributed by atoms with Gasteiger partial charge in [-0.05, 0) is 18.6 Å². The second-order valence-corrected chi connectivity index (χ2v) is 5.09.